The van der Waals surface area contributed by atoms with E-state index in [-0.39, 0.29) is 17.1 Å². The summed E-state index contributed by atoms with van der Waals surface area (Å²) < 4.78 is 32.9. The average Bonchev–Trinajstić information content (AvgIpc) is 3.12. The summed E-state index contributed by atoms with van der Waals surface area (Å²) in [6.07, 6.45) is 2.66. The number of hydrogen-bond donors (Lipinski definition) is 3. The number of nitrogens with one attached hydrogen (secondary N) is 2. The van der Waals surface area contributed by atoms with Gasteiger partial charge in [-0.2, -0.15) is 0 Å². The van der Waals surface area contributed by atoms with E-state index in [2.05, 4.69) is 15.5 Å². The van der Waals surface area contributed by atoms with E-state index in [0.29, 0.717) is 38.8 Å². The monoisotopic (exact) mass is 905 g/mol. The Morgan fingerprint density at radius 3 is 2.10 bits per heavy atom. The molecule has 0 radical (unpaired) electrons. The highest BCUT2D eigenvalue weighted by Gasteiger charge is 2.25. The lowest BCUT2D eigenvalue weighted by molar-refractivity contribution is -0.123. The molecule has 1 fully saturated rings. The van der Waals surface area contributed by atoms with Crippen LogP contribution in [0.1, 0.15) is 27.9 Å². The molecule has 4 aromatic rings. The molecule has 1 aliphatic heterocycles. The topological polar surface area (TPSA) is 125 Å². The van der Waals surface area contributed by atoms with Gasteiger partial charge in [0.15, 0.2) is 9.84 Å². The van der Waals surface area contributed by atoms with Gasteiger partial charge in [-0.05, 0) is 118 Å². The van der Waals surface area contributed by atoms with Gasteiger partial charge in [0.2, 0.25) is 5.91 Å². The van der Waals surface area contributed by atoms with Crippen LogP contribution in [-0.4, -0.2) is 63.7 Å². The lowest BCUT2D eigenvalue weighted by atomic mass is 10.0. The van der Waals surface area contributed by atoms with Crippen LogP contribution in [-0.2, 0) is 32.2 Å². The van der Waals surface area contributed by atoms with E-state index in [1.807, 2.05) is 87.6 Å². The summed E-state index contributed by atoms with van der Waals surface area (Å²) in [6.45, 7) is 2.83. The molecule has 0 aliphatic carbocycles. The maximum absolute atomic E-state index is 14.0. The van der Waals surface area contributed by atoms with E-state index in [1.54, 1.807) is 42.5 Å². The van der Waals surface area contributed by atoms with Crippen LogP contribution in [0.4, 0.5) is 5.69 Å². The lowest BCUT2D eigenvalue weighted by Gasteiger charge is -2.29. The van der Waals surface area contributed by atoms with E-state index < -0.39 is 33.7 Å². The van der Waals surface area contributed by atoms with Gasteiger partial charge in [0, 0.05) is 42.2 Å². The fraction of sp³-hybridized carbons (Fsp3) is 0.243. The van der Waals surface area contributed by atoms with Gasteiger partial charge in [-0.15, -0.1) is 0 Å². The Bertz CT molecular complexity index is 1840. The molecule has 12 heteroatoms. The van der Waals surface area contributed by atoms with Crippen molar-refractivity contribution in [2.75, 3.05) is 31.2 Å². The average molecular weight is 906 g/mol. The molecule has 49 heavy (non-hydrogen) atoms. The Hall–Kier alpha value is -3.47. The first-order chi connectivity index (χ1) is 23.6. The summed E-state index contributed by atoms with van der Waals surface area (Å²) in [5.74, 6) is -0.725. The van der Waals surface area contributed by atoms with Gasteiger partial charge in [0.1, 0.15) is 11.8 Å². The predicted molar refractivity (Wildman–Crippen MR) is 207 cm³/mol. The predicted octanol–water partition coefficient (Wildman–Crippen LogP) is 5.88. The van der Waals surface area contributed by atoms with Gasteiger partial charge in [-0.25, -0.2) is 8.42 Å². The van der Waals surface area contributed by atoms with Crippen molar-refractivity contribution in [3.8, 4) is 5.75 Å². The largest absolute Gasteiger partial charge is 0.506 e. The summed E-state index contributed by atoms with van der Waals surface area (Å²) in [5.41, 5.74) is 3.18. The van der Waals surface area contributed by atoms with E-state index >= 15 is 0 Å². The second-order valence-corrected chi connectivity index (χ2v) is 15.8. The zero-order valence-electron chi connectivity index (χ0n) is 26.6. The van der Waals surface area contributed by atoms with E-state index in [4.69, 9.17) is 4.74 Å². The van der Waals surface area contributed by atoms with Crippen LogP contribution >= 0.6 is 45.2 Å². The Morgan fingerprint density at radius 2 is 1.47 bits per heavy atom. The number of hydrogen-bond acceptors (Lipinski definition) is 7. The smallest absolute Gasteiger partial charge is 0.251 e. The standard InChI is InChI=1S/C37H37I2N3O6S/c38-32-23-27(24-33(39)35(32)43)25-34(41-36(44)28-12-15-30(16-13-28)42-18-20-48-21-19-42)37(45)40-29(14-11-26-7-3-1-4-8-26)17-22-49(46,47)31-9-5-2-6-10-31/h1-10,12-13,15-17,22-24,29,34,43H,11,14,18-21,25H2,(H,40,45)(H,41,44)/b22-17+/t29-,34-/m0/s1. The molecule has 4 aromatic carbocycles. The molecule has 2 atom stereocenters. The summed E-state index contributed by atoms with van der Waals surface area (Å²) in [7, 11) is -3.76. The summed E-state index contributed by atoms with van der Waals surface area (Å²) in [4.78, 5) is 30.0. The molecule has 1 saturated heterocycles. The summed E-state index contributed by atoms with van der Waals surface area (Å²) >= 11 is 4.07. The van der Waals surface area contributed by atoms with Crippen molar-refractivity contribution in [2.24, 2.45) is 0 Å². The van der Waals surface area contributed by atoms with Crippen LogP contribution in [0, 0.1) is 7.14 Å². The Balaban J connectivity index is 1.39. The summed E-state index contributed by atoms with van der Waals surface area (Å²) in [6, 6.07) is 27.0. The Kier molecular flexibility index (Phi) is 13.1. The zero-order chi connectivity index (χ0) is 34.8. The minimum Gasteiger partial charge on any atom is -0.506 e. The molecule has 0 bridgehead atoms. The van der Waals surface area contributed by atoms with Gasteiger partial charge >= 0.3 is 0 Å². The number of halogens is 2. The molecule has 0 spiro atoms. The number of morpholine rings is 1. The van der Waals surface area contributed by atoms with Crippen molar-refractivity contribution >= 4 is 72.5 Å². The van der Waals surface area contributed by atoms with Crippen molar-refractivity contribution in [1.29, 1.82) is 0 Å². The van der Waals surface area contributed by atoms with Gasteiger partial charge in [0.05, 0.1) is 25.2 Å². The van der Waals surface area contributed by atoms with Crippen LogP contribution < -0.4 is 15.5 Å². The molecule has 2 amide bonds. The minimum atomic E-state index is -3.76. The molecule has 256 valence electrons. The molecule has 0 unspecified atom stereocenters. The summed E-state index contributed by atoms with van der Waals surface area (Å²) in [5, 5.41) is 17.4. The maximum atomic E-state index is 14.0. The number of aryl methyl sites for hydroxylation is 1. The number of sulfone groups is 1. The Labute approximate surface area is 314 Å². The lowest BCUT2D eigenvalue weighted by Crippen LogP contribution is -2.50. The molecule has 5 rings (SSSR count). The highest BCUT2D eigenvalue weighted by atomic mass is 127. The highest BCUT2D eigenvalue weighted by molar-refractivity contribution is 14.1. The van der Waals surface area contributed by atoms with Gasteiger partial charge < -0.3 is 25.4 Å². The van der Waals surface area contributed by atoms with Crippen molar-refractivity contribution in [1.82, 2.24) is 10.6 Å². The number of benzene rings is 4. The first-order valence-electron chi connectivity index (χ1n) is 15.8. The number of ether oxygens (including phenoxy) is 1. The third-order valence-corrected chi connectivity index (χ3v) is 11.2. The molecule has 1 heterocycles. The third kappa shape index (κ3) is 10.5. The molecule has 0 saturated carbocycles. The number of nitrogens with zero attached hydrogens (tertiary/aromatic N) is 1. The van der Waals surface area contributed by atoms with E-state index in [9.17, 15) is 23.1 Å². The number of amides is 2. The van der Waals surface area contributed by atoms with Crippen LogP contribution in [0.5, 0.6) is 5.75 Å². The van der Waals surface area contributed by atoms with E-state index in [0.717, 1.165) is 35.3 Å². The van der Waals surface area contributed by atoms with Crippen LogP contribution in [0.15, 0.2) is 113 Å². The first-order valence-corrected chi connectivity index (χ1v) is 19.5. The quantitative estimate of drug-likeness (QED) is 0.143. The molecule has 3 N–H and O–H groups in total. The molecule has 9 nitrogen and oxygen atoms in total. The van der Waals surface area contributed by atoms with Crippen LogP contribution in [0.2, 0.25) is 0 Å². The number of anilines is 1. The number of carbonyl (C=O) groups excluding carboxylic acids is 2. The van der Waals surface area contributed by atoms with Gasteiger partial charge in [-0.1, -0.05) is 54.6 Å². The van der Waals surface area contributed by atoms with Gasteiger partial charge in [0.25, 0.3) is 5.91 Å². The first kappa shape index (κ1) is 36.8. The highest BCUT2D eigenvalue weighted by Crippen LogP contribution is 2.28. The molecular weight excluding hydrogens is 868 g/mol. The number of carbonyl (C=O) groups is 2. The zero-order valence-corrected chi connectivity index (χ0v) is 31.7. The molecular formula is C37H37I2N3O6S. The number of rotatable bonds is 13. The van der Waals surface area contributed by atoms with Crippen LogP contribution in [0.25, 0.3) is 0 Å². The number of phenolic OH excluding ortho intramolecular Hbond substituents is 1. The molecule has 0 aromatic heterocycles. The second kappa shape index (κ2) is 17.5. The van der Waals surface area contributed by atoms with Crippen molar-refractivity contribution in [3.05, 3.63) is 132 Å². The normalized spacial score (nSPS) is 14.7. The van der Waals surface area contributed by atoms with Crippen molar-refractivity contribution in [3.63, 3.8) is 0 Å². The fourth-order valence-electron chi connectivity index (χ4n) is 5.42. The molecule has 1 aliphatic rings. The Morgan fingerprint density at radius 1 is 0.857 bits per heavy atom. The van der Waals surface area contributed by atoms with Crippen LogP contribution in [0.3, 0.4) is 0 Å². The van der Waals surface area contributed by atoms with E-state index in [1.165, 1.54) is 18.2 Å². The SMILES string of the molecule is O=C(N[C@@H](Cc1cc(I)c(O)c(I)c1)C(=O)N[C@H](/C=C/S(=O)(=O)c1ccccc1)CCc1ccccc1)c1ccc(N2CCOCC2)cc1. The third-order valence-electron chi connectivity index (χ3n) is 8.12. The number of aromatic hydroxyl groups is 1. The number of phenols is 1. The van der Waals surface area contributed by atoms with Crippen molar-refractivity contribution in [2.45, 2.75) is 36.2 Å². The van der Waals surface area contributed by atoms with Crippen molar-refractivity contribution < 1.29 is 27.9 Å². The minimum absolute atomic E-state index is 0.146. The second-order valence-electron chi connectivity index (χ2n) is 11.6. The van der Waals surface area contributed by atoms with Gasteiger partial charge in [-0.3, -0.25) is 9.59 Å². The fourth-order valence-corrected chi connectivity index (χ4v) is 8.41. The maximum Gasteiger partial charge on any atom is 0.251 e.